The summed E-state index contributed by atoms with van der Waals surface area (Å²) in [6.45, 7) is 3.87. The van der Waals surface area contributed by atoms with Crippen LogP contribution < -0.4 is 10.1 Å². The summed E-state index contributed by atoms with van der Waals surface area (Å²) in [5.74, 6) is 0.253. The molecule has 1 fully saturated rings. The highest BCUT2D eigenvalue weighted by atomic mass is 16.5. The van der Waals surface area contributed by atoms with Crippen LogP contribution in [0.2, 0.25) is 0 Å². The Labute approximate surface area is 112 Å². The molecular weight excluding hydrogens is 246 g/mol. The highest BCUT2D eigenvalue weighted by molar-refractivity contribution is 5.70. The Hall–Kier alpha value is -1.85. The molecule has 1 aliphatic carbocycles. The largest absolute Gasteiger partial charge is 0.481 e. The molecule has 2 atom stereocenters. The number of hydrogen-bond acceptors (Lipinski definition) is 5. The quantitative estimate of drug-likeness (QED) is 0.846. The third-order valence-corrected chi connectivity index (χ3v) is 3.13. The summed E-state index contributed by atoms with van der Waals surface area (Å²) in [5.41, 5.74) is 0. The number of rotatable bonds is 5. The number of aliphatic carboxylic acids is 1. The molecule has 0 radical (unpaired) electrons. The average Bonchev–Trinajstić information content (AvgIpc) is 2.77. The van der Waals surface area contributed by atoms with Crippen molar-refractivity contribution in [2.24, 2.45) is 5.92 Å². The van der Waals surface area contributed by atoms with E-state index in [-0.39, 0.29) is 18.1 Å². The van der Waals surface area contributed by atoms with Gasteiger partial charge in [0, 0.05) is 12.1 Å². The molecule has 104 valence electrons. The van der Waals surface area contributed by atoms with Gasteiger partial charge in [0.05, 0.1) is 12.0 Å². The van der Waals surface area contributed by atoms with Gasteiger partial charge in [0.2, 0.25) is 5.88 Å². The molecule has 6 nitrogen and oxygen atoms in total. The van der Waals surface area contributed by atoms with Crippen LogP contribution in [0.25, 0.3) is 0 Å². The minimum atomic E-state index is -0.712. The van der Waals surface area contributed by atoms with E-state index in [2.05, 4.69) is 15.3 Å². The summed E-state index contributed by atoms with van der Waals surface area (Å²) in [6.07, 6.45) is 3.71. The predicted octanol–water partition coefficient (Wildman–Crippen LogP) is 1.93. The van der Waals surface area contributed by atoms with E-state index in [9.17, 15) is 4.79 Å². The summed E-state index contributed by atoms with van der Waals surface area (Å²) < 4.78 is 5.49. The normalized spacial score (nSPS) is 22.5. The standard InChI is InChI=1S/C13H19N3O3/c1-8(2)19-12-6-11(14-7-15-12)16-10-4-3-9(5-10)13(17)18/h6-10H,3-5H2,1-2H3,(H,17,18)(H,14,15,16). The Morgan fingerprint density at radius 1 is 1.47 bits per heavy atom. The molecule has 1 heterocycles. The first kappa shape index (κ1) is 13.6. The molecular formula is C13H19N3O3. The molecule has 2 unspecified atom stereocenters. The monoisotopic (exact) mass is 265 g/mol. The molecule has 1 aromatic rings. The van der Waals surface area contributed by atoms with Crippen molar-refractivity contribution in [2.45, 2.75) is 45.3 Å². The van der Waals surface area contributed by atoms with Crippen molar-refractivity contribution in [3.05, 3.63) is 12.4 Å². The van der Waals surface area contributed by atoms with Gasteiger partial charge in [-0.2, -0.15) is 0 Å². The lowest BCUT2D eigenvalue weighted by Gasteiger charge is -2.14. The summed E-state index contributed by atoms with van der Waals surface area (Å²) >= 11 is 0. The van der Waals surface area contributed by atoms with Gasteiger partial charge in [-0.15, -0.1) is 0 Å². The van der Waals surface area contributed by atoms with Crippen molar-refractivity contribution in [3.63, 3.8) is 0 Å². The van der Waals surface area contributed by atoms with Gasteiger partial charge in [-0.1, -0.05) is 0 Å². The van der Waals surface area contributed by atoms with Crippen molar-refractivity contribution in [1.29, 1.82) is 0 Å². The van der Waals surface area contributed by atoms with E-state index < -0.39 is 5.97 Å². The number of nitrogens with zero attached hydrogens (tertiary/aromatic N) is 2. The van der Waals surface area contributed by atoms with Crippen molar-refractivity contribution < 1.29 is 14.6 Å². The second-order valence-corrected chi connectivity index (χ2v) is 5.10. The molecule has 0 aliphatic heterocycles. The molecule has 0 spiro atoms. The van der Waals surface area contributed by atoms with Crippen molar-refractivity contribution in [1.82, 2.24) is 9.97 Å². The first-order valence-corrected chi connectivity index (χ1v) is 6.52. The van der Waals surface area contributed by atoms with E-state index in [1.807, 2.05) is 13.8 Å². The van der Waals surface area contributed by atoms with Crippen molar-refractivity contribution >= 4 is 11.8 Å². The minimum Gasteiger partial charge on any atom is -0.481 e. The van der Waals surface area contributed by atoms with E-state index in [1.165, 1.54) is 6.33 Å². The summed E-state index contributed by atoms with van der Waals surface area (Å²) in [6, 6.07) is 1.90. The van der Waals surface area contributed by atoms with Crippen LogP contribution in [0.3, 0.4) is 0 Å². The number of hydrogen-bond donors (Lipinski definition) is 2. The van der Waals surface area contributed by atoms with Crippen LogP contribution >= 0.6 is 0 Å². The van der Waals surface area contributed by atoms with Crippen LogP contribution in [-0.2, 0) is 4.79 Å². The summed E-state index contributed by atoms with van der Waals surface area (Å²) in [7, 11) is 0. The van der Waals surface area contributed by atoms with E-state index in [1.54, 1.807) is 6.07 Å². The molecule has 2 N–H and O–H groups in total. The van der Waals surface area contributed by atoms with Crippen LogP contribution in [0.5, 0.6) is 5.88 Å². The Kier molecular flexibility index (Phi) is 4.19. The molecule has 0 aromatic carbocycles. The van der Waals surface area contributed by atoms with Gasteiger partial charge < -0.3 is 15.2 Å². The van der Waals surface area contributed by atoms with Gasteiger partial charge >= 0.3 is 5.97 Å². The highest BCUT2D eigenvalue weighted by Crippen LogP contribution is 2.28. The van der Waals surface area contributed by atoms with E-state index >= 15 is 0 Å². The second-order valence-electron chi connectivity index (χ2n) is 5.10. The molecule has 6 heteroatoms. The molecule has 1 saturated carbocycles. The molecule has 1 aliphatic rings. The van der Waals surface area contributed by atoms with Crippen LogP contribution in [0, 0.1) is 5.92 Å². The van der Waals surface area contributed by atoms with Gasteiger partial charge in [0.1, 0.15) is 12.1 Å². The fraction of sp³-hybridized carbons (Fsp3) is 0.615. The van der Waals surface area contributed by atoms with Crippen LogP contribution in [-0.4, -0.2) is 33.2 Å². The molecule has 0 amide bonds. The first-order chi connectivity index (χ1) is 9.04. The maximum absolute atomic E-state index is 10.9. The first-order valence-electron chi connectivity index (χ1n) is 6.52. The SMILES string of the molecule is CC(C)Oc1cc(NC2CCC(C(=O)O)C2)ncn1. The van der Waals surface area contributed by atoms with E-state index in [0.717, 1.165) is 6.42 Å². The Bertz CT molecular complexity index is 451. The lowest BCUT2D eigenvalue weighted by atomic mass is 10.1. The predicted molar refractivity (Wildman–Crippen MR) is 70.2 cm³/mol. The number of carboxylic acid groups (broad SMARTS) is 1. The zero-order chi connectivity index (χ0) is 13.8. The van der Waals surface area contributed by atoms with Crippen molar-refractivity contribution in [2.75, 3.05) is 5.32 Å². The maximum Gasteiger partial charge on any atom is 0.306 e. The number of anilines is 1. The highest BCUT2D eigenvalue weighted by Gasteiger charge is 2.29. The molecule has 1 aromatic heterocycles. The van der Waals surface area contributed by atoms with Crippen LogP contribution in [0.15, 0.2) is 12.4 Å². The Morgan fingerprint density at radius 3 is 2.89 bits per heavy atom. The number of carboxylic acids is 1. The van der Waals surface area contributed by atoms with Gasteiger partial charge in [-0.3, -0.25) is 4.79 Å². The molecule has 0 bridgehead atoms. The Morgan fingerprint density at radius 2 is 2.26 bits per heavy atom. The lowest BCUT2D eigenvalue weighted by Crippen LogP contribution is -2.18. The van der Waals surface area contributed by atoms with Gasteiger partial charge in [0.15, 0.2) is 0 Å². The number of ether oxygens (including phenoxy) is 1. The minimum absolute atomic E-state index is 0.0608. The summed E-state index contributed by atoms with van der Waals surface area (Å²) in [5, 5.41) is 12.2. The van der Waals surface area contributed by atoms with E-state index in [0.29, 0.717) is 24.5 Å². The number of carbonyl (C=O) groups is 1. The third-order valence-electron chi connectivity index (χ3n) is 3.13. The topological polar surface area (TPSA) is 84.3 Å². The van der Waals surface area contributed by atoms with Crippen LogP contribution in [0.4, 0.5) is 5.82 Å². The smallest absolute Gasteiger partial charge is 0.306 e. The lowest BCUT2D eigenvalue weighted by molar-refractivity contribution is -0.141. The van der Waals surface area contributed by atoms with Gasteiger partial charge in [0.25, 0.3) is 0 Å². The Balaban J connectivity index is 1.94. The molecule has 2 rings (SSSR count). The maximum atomic E-state index is 10.9. The van der Waals surface area contributed by atoms with E-state index in [4.69, 9.17) is 9.84 Å². The summed E-state index contributed by atoms with van der Waals surface area (Å²) in [4.78, 5) is 19.1. The zero-order valence-corrected chi connectivity index (χ0v) is 11.2. The number of nitrogens with one attached hydrogen (secondary N) is 1. The zero-order valence-electron chi connectivity index (χ0n) is 11.2. The average molecular weight is 265 g/mol. The third kappa shape index (κ3) is 3.81. The fourth-order valence-electron chi connectivity index (χ4n) is 2.27. The van der Waals surface area contributed by atoms with Gasteiger partial charge in [-0.25, -0.2) is 9.97 Å². The molecule has 0 saturated heterocycles. The van der Waals surface area contributed by atoms with Crippen LogP contribution in [0.1, 0.15) is 33.1 Å². The number of aromatic nitrogens is 2. The fourth-order valence-corrected chi connectivity index (χ4v) is 2.27. The second kappa shape index (κ2) is 5.86. The van der Waals surface area contributed by atoms with Gasteiger partial charge in [-0.05, 0) is 33.1 Å². The molecule has 19 heavy (non-hydrogen) atoms. The van der Waals surface area contributed by atoms with Crippen molar-refractivity contribution in [3.8, 4) is 5.88 Å².